The molecular weight excluding hydrogens is 374 g/mol. The molecule has 0 spiro atoms. The van der Waals surface area contributed by atoms with Gasteiger partial charge in [0.15, 0.2) is 0 Å². The lowest BCUT2D eigenvalue weighted by Gasteiger charge is -2.06. The van der Waals surface area contributed by atoms with Gasteiger partial charge in [-0.1, -0.05) is 6.42 Å². The van der Waals surface area contributed by atoms with E-state index in [1.54, 1.807) is 0 Å². The predicted molar refractivity (Wildman–Crippen MR) is 97.3 cm³/mol. The average Bonchev–Trinajstić information content (AvgIpc) is 3.03. The first kappa shape index (κ1) is 14.9. The number of nitrogens with one attached hydrogen (secondary N) is 1. The number of halogens is 1. The summed E-state index contributed by atoms with van der Waals surface area (Å²) < 4.78 is 3.28. The molecule has 1 aliphatic rings. The number of carbonyl (C=O) groups excluding carboxylic acids is 1. The molecule has 6 heteroatoms. The summed E-state index contributed by atoms with van der Waals surface area (Å²) in [5.74, 6) is 1.09. The molecule has 0 atom stereocenters. The summed E-state index contributed by atoms with van der Waals surface area (Å²) in [6.45, 7) is 1.04. The van der Waals surface area contributed by atoms with E-state index in [9.17, 15) is 4.79 Å². The molecule has 0 radical (unpaired) electrons. The van der Waals surface area contributed by atoms with Crippen molar-refractivity contribution in [2.24, 2.45) is 0 Å². The maximum Gasteiger partial charge on any atom is 0.265 e. The SMILES string of the molecule is O=C(Nc1ccc2c(c1)nc1n2CCCCC1)c1ccc(Br)s1. The van der Waals surface area contributed by atoms with Gasteiger partial charge in [0, 0.05) is 18.7 Å². The number of imidazole rings is 1. The van der Waals surface area contributed by atoms with E-state index in [1.807, 2.05) is 24.3 Å². The van der Waals surface area contributed by atoms with Gasteiger partial charge < -0.3 is 9.88 Å². The Bertz CT molecular complexity index is 883. The number of nitrogens with zero attached hydrogens (tertiary/aromatic N) is 2. The molecule has 0 saturated carbocycles. The van der Waals surface area contributed by atoms with Crippen molar-refractivity contribution in [2.45, 2.75) is 32.2 Å². The Morgan fingerprint density at radius 3 is 2.96 bits per heavy atom. The highest BCUT2D eigenvalue weighted by molar-refractivity contribution is 9.11. The number of amides is 1. The first-order valence-corrected chi connectivity index (χ1v) is 9.37. The minimum absolute atomic E-state index is 0.0826. The van der Waals surface area contributed by atoms with Crippen LogP contribution >= 0.6 is 27.3 Å². The molecule has 2 aromatic heterocycles. The molecule has 1 N–H and O–H groups in total. The summed E-state index contributed by atoms with van der Waals surface area (Å²) in [5.41, 5.74) is 2.92. The highest BCUT2D eigenvalue weighted by atomic mass is 79.9. The fourth-order valence-corrected chi connectivity index (χ4v) is 4.34. The maximum absolute atomic E-state index is 12.3. The van der Waals surface area contributed by atoms with Gasteiger partial charge >= 0.3 is 0 Å². The molecule has 23 heavy (non-hydrogen) atoms. The Labute approximate surface area is 146 Å². The van der Waals surface area contributed by atoms with E-state index in [-0.39, 0.29) is 5.91 Å². The normalized spacial score (nSPS) is 14.5. The number of aromatic nitrogens is 2. The van der Waals surface area contributed by atoms with Crippen molar-refractivity contribution < 1.29 is 4.79 Å². The van der Waals surface area contributed by atoms with E-state index in [1.165, 1.54) is 41.9 Å². The molecule has 118 valence electrons. The lowest BCUT2D eigenvalue weighted by Crippen LogP contribution is -2.09. The number of hydrogen-bond donors (Lipinski definition) is 1. The smallest absolute Gasteiger partial charge is 0.265 e. The summed E-state index contributed by atoms with van der Waals surface area (Å²) in [6, 6.07) is 9.70. The first-order valence-electron chi connectivity index (χ1n) is 7.76. The molecule has 0 bridgehead atoms. The summed E-state index contributed by atoms with van der Waals surface area (Å²) >= 11 is 4.81. The van der Waals surface area contributed by atoms with Crippen LogP contribution in [0.15, 0.2) is 34.1 Å². The number of thiophene rings is 1. The number of rotatable bonds is 2. The molecule has 1 aliphatic heterocycles. The third kappa shape index (κ3) is 2.93. The highest BCUT2D eigenvalue weighted by Gasteiger charge is 2.15. The Balaban J connectivity index is 1.63. The Morgan fingerprint density at radius 2 is 2.13 bits per heavy atom. The van der Waals surface area contributed by atoms with Crippen molar-refractivity contribution in [2.75, 3.05) is 5.32 Å². The van der Waals surface area contributed by atoms with Crippen molar-refractivity contribution in [1.29, 1.82) is 0 Å². The summed E-state index contributed by atoms with van der Waals surface area (Å²) in [5, 5.41) is 2.96. The number of fused-ring (bicyclic) bond motifs is 3. The van der Waals surface area contributed by atoms with E-state index in [0.717, 1.165) is 28.0 Å². The number of aryl methyl sites for hydroxylation is 2. The average molecular weight is 390 g/mol. The summed E-state index contributed by atoms with van der Waals surface area (Å²) in [6.07, 6.45) is 4.74. The number of anilines is 1. The zero-order valence-electron chi connectivity index (χ0n) is 12.5. The van der Waals surface area contributed by atoms with E-state index in [0.29, 0.717) is 4.88 Å². The Hall–Kier alpha value is -1.66. The van der Waals surface area contributed by atoms with Gasteiger partial charge in [0.25, 0.3) is 5.91 Å². The standard InChI is InChI=1S/C17H16BrN3OS/c18-15-8-7-14(23-15)17(22)19-11-5-6-13-12(10-11)20-16-4-2-1-3-9-21(13)16/h5-8,10H,1-4,9H2,(H,19,22). The fourth-order valence-electron chi connectivity index (χ4n) is 3.06. The topological polar surface area (TPSA) is 46.9 Å². The molecule has 4 nitrogen and oxygen atoms in total. The van der Waals surface area contributed by atoms with Gasteiger partial charge in [-0.3, -0.25) is 4.79 Å². The molecule has 3 aromatic rings. The summed E-state index contributed by atoms with van der Waals surface area (Å²) in [7, 11) is 0. The second kappa shape index (κ2) is 6.09. The van der Waals surface area contributed by atoms with E-state index in [4.69, 9.17) is 4.98 Å². The molecule has 0 fully saturated rings. The van der Waals surface area contributed by atoms with Crippen LogP contribution in [0.5, 0.6) is 0 Å². The van der Waals surface area contributed by atoms with Crippen molar-refractivity contribution in [3.63, 3.8) is 0 Å². The molecule has 0 saturated heterocycles. The van der Waals surface area contributed by atoms with Crippen molar-refractivity contribution in [3.05, 3.63) is 44.8 Å². The lowest BCUT2D eigenvalue weighted by molar-refractivity contribution is 0.103. The molecule has 0 aliphatic carbocycles. The fraction of sp³-hybridized carbons (Fsp3) is 0.294. The van der Waals surface area contributed by atoms with Crippen LogP contribution < -0.4 is 5.32 Å². The highest BCUT2D eigenvalue weighted by Crippen LogP contribution is 2.26. The molecular formula is C17H16BrN3OS. The quantitative estimate of drug-likeness (QED) is 0.681. The van der Waals surface area contributed by atoms with Crippen LogP contribution in [0.4, 0.5) is 5.69 Å². The molecule has 1 aromatic carbocycles. The maximum atomic E-state index is 12.3. The second-order valence-corrected chi connectivity index (χ2v) is 8.21. The number of hydrogen-bond acceptors (Lipinski definition) is 3. The van der Waals surface area contributed by atoms with E-state index >= 15 is 0 Å². The van der Waals surface area contributed by atoms with Crippen LogP contribution in [0.2, 0.25) is 0 Å². The second-order valence-electron chi connectivity index (χ2n) is 5.75. The van der Waals surface area contributed by atoms with Gasteiger partial charge in [-0.05, 0) is 59.1 Å². The van der Waals surface area contributed by atoms with Crippen molar-refractivity contribution in [1.82, 2.24) is 9.55 Å². The molecule has 1 amide bonds. The third-order valence-corrected chi connectivity index (χ3v) is 5.79. The number of benzene rings is 1. The van der Waals surface area contributed by atoms with Gasteiger partial charge in [0.2, 0.25) is 0 Å². The van der Waals surface area contributed by atoms with Gasteiger partial charge in [-0.25, -0.2) is 4.98 Å². The van der Waals surface area contributed by atoms with Gasteiger partial charge in [0.05, 0.1) is 19.7 Å². The van der Waals surface area contributed by atoms with E-state index < -0.39 is 0 Å². The molecule has 3 heterocycles. The predicted octanol–water partition coefficient (Wildman–Crippen LogP) is 4.84. The molecule has 4 rings (SSSR count). The third-order valence-electron chi connectivity index (χ3n) is 4.16. The van der Waals surface area contributed by atoms with Crippen molar-refractivity contribution >= 4 is 49.9 Å². The van der Waals surface area contributed by atoms with Crippen LogP contribution in [0.25, 0.3) is 11.0 Å². The number of carbonyl (C=O) groups is 1. The minimum Gasteiger partial charge on any atom is -0.328 e. The molecule has 0 unspecified atom stereocenters. The monoisotopic (exact) mass is 389 g/mol. The van der Waals surface area contributed by atoms with E-state index in [2.05, 4.69) is 31.9 Å². The van der Waals surface area contributed by atoms with Gasteiger partial charge in [-0.15, -0.1) is 11.3 Å². The zero-order chi connectivity index (χ0) is 15.8. The van der Waals surface area contributed by atoms with Crippen LogP contribution in [0.3, 0.4) is 0 Å². The van der Waals surface area contributed by atoms with Crippen LogP contribution in [0, 0.1) is 0 Å². The lowest BCUT2D eigenvalue weighted by atomic mass is 10.2. The van der Waals surface area contributed by atoms with Crippen LogP contribution in [-0.4, -0.2) is 15.5 Å². The zero-order valence-corrected chi connectivity index (χ0v) is 14.9. The Morgan fingerprint density at radius 1 is 1.22 bits per heavy atom. The minimum atomic E-state index is -0.0826. The first-order chi connectivity index (χ1) is 11.2. The Kier molecular flexibility index (Phi) is 3.95. The van der Waals surface area contributed by atoms with Crippen molar-refractivity contribution in [3.8, 4) is 0 Å². The van der Waals surface area contributed by atoms with Gasteiger partial charge in [-0.2, -0.15) is 0 Å². The summed E-state index contributed by atoms with van der Waals surface area (Å²) in [4.78, 5) is 17.7. The van der Waals surface area contributed by atoms with Gasteiger partial charge in [0.1, 0.15) is 5.82 Å². The largest absolute Gasteiger partial charge is 0.328 e. The van der Waals surface area contributed by atoms with Crippen LogP contribution in [-0.2, 0) is 13.0 Å². The van der Waals surface area contributed by atoms with Crippen LogP contribution in [0.1, 0.15) is 34.8 Å².